The molecule has 0 bridgehead atoms. The lowest BCUT2D eigenvalue weighted by Crippen LogP contribution is -2.50. The second-order valence-corrected chi connectivity index (χ2v) is 7.85. The largest absolute Gasteiger partial charge is 0.459 e. The predicted molar refractivity (Wildman–Crippen MR) is 104 cm³/mol. The van der Waals surface area contributed by atoms with Gasteiger partial charge in [0.1, 0.15) is 17.4 Å². The summed E-state index contributed by atoms with van der Waals surface area (Å²) in [6.45, 7) is 8.80. The molecule has 1 fully saturated rings. The molecule has 0 unspecified atom stereocenters. The molecule has 8 nitrogen and oxygen atoms in total. The van der Waals surface area contributed by atoms with Crippen molar-refractivity contribution < 1.29 is 23.9 Å². The molecular weight excluding hydrogens is 362 g/mol. The van der Waals surface area contributed by atoms with Crippen LogP contribution in [-0.4, -0.2) is 65.6 Å². The molecule has 0 spiro atoms. The van der Waals surface area contributed by atoms with Crippen molar-refractivity contribution in [3.63, 3.8) is 0 Å². The Morgan fingerprint density at radius 1 is 1.04 bits per heavy atom. The highest BCUT2D eigenvalue weighted by molar-refractivity contribution is 5.76. The Hall–Kier alpha value is -2.61. The number of rotatable bonds is 4. The Balaban J connectivity index is 1.85. The molecule has 0 saturated carbocycles. The lowest BCUT2D eigenvalue weighted by atomic mass is 10.1. The number of carbonyl (C=O) groups is 3. The minimum absolute atomic E-state index is 0.00759. The van der Waals surface area contributed by atoms with E-state index in [9.17, 15) is 14.4 Å². The molecule has 0 aliphatic carbocycles. The van der Waals surface area contributed by atoms with Gasteiger partial charge in [-0.3, -0.25) is 9.59 Å². The van der Waals surface area contributed by atoms with Gasteiger partial charge in [0.2, 0.25) is 5.91 Å². The summed E-state index contributed by atoms with van der Waals surface area (Å²) in [6.07, 6.45) is -0.114. The highest BCUT2D eigenvalue weighted by atomic mass is 16.6. The molecule has 154 valence electrons. The lowest BCUT2D eigenvalue weighted by Gasteiger charge is -2.33. The lowest BCUT2D eigenvalue weighted by molar-refractivity contribution is -0.156. The summed E-state index contributed by atoms with van der Waals surface area (Å²) < 4.78 is 10.7. The molecule has 2 amide bonds. The fraction of sp³-hybridized carbons (Fsp3) is 0.550. The number of amides is 2. The molecule has 1 aromatic carbocycles. The molecule has 8 heteroatoms. The highest BCUT2D eigenvalue weighted by Gasteiger charge is 2.24. The van der Waals surface area contributed by atoms with Crippen LogP contribution in [0.2, 0.25) is 0 Å². The second kappa shape index (κ2) is 9.05. The number of nitrogens with zero attached hydrogens (tertiary/aromatic N) is 2. The van der Waals surface area contributed by atoms with Crippen molar-refractivity contribution in [1.82, 2.24) is 9.80 Å². The fourth-order valence-electron chi connectivity index (χ4n) is 2.78. The molecule has 1 aromatic rings. The number of piperazine rings is 1. The van der Waals surface area contributed by atoms with E-state index in [1.165, 1.54) is 6.92 Å². The third-order valence-corrected chi connectivity index (χ3v) is 4.28. The Bertz CT molecular complexity index is 704. The molecule has 0 aromatic heterocycles. The van der Waals surface area contributed by atoms with E-state index in [1.807, 2.05) is 0 Å². The molecule has 28 heavy (non-hydrogen) atoms. The van der Waals surface area contributed by atoms with Crippen molar-refractivity contribution in [1.29, 1.82) is 0 Å². The van der Waals surface area contributed by atoms with Crippen molar-refractivity contribution in [3.8, 4) is 5.75 Å². The Morgan fingerprint density at radius 2 is 1.57 bits per heavy atom. The van der Waals surface area contributed by atoms with Gasteiger partial charge in [-0.25, -0.2) is 4.79 Å². The standard InChI is InChI=1S/C20H29N3O5/c1-14(24)22-9-11-23(12-10-22)19(26)27-16-7-5-15(6-8-16)13-17(21)18(25)28-20(2,3)4/h5-8,17H,9-13,21H2,1-4H3/t17-/m0/s1. The van der Waals surface area contributed by atoms with Crippen molar-refractivity contribution in [2.24, 2.45) is 5.73 Å². The zero-order chi connectivity index (χ0) is 20.9. The van der Waals surface area contributed by atoms with Crippen LogP contribution >= 0.6 is 0 Å². The van der Waals surface area contributed by atoms with Gasteiger partial charge in [0.05, 0.1) is 0 Å². The van der Waals surface area contributed by atoms with Gasteiger partial charge in [0.15, 0.2) is 0 Å². The van der Waals surface area contributed by atoms with Gasteiger partial charge < -0.3 is 25.0 Å². The number of ether oxygens (including phenoxy) is 2. The molecular formula is C20H29N3O5. The van der Waals surface area contributed by atoms with Crippen LogP contribution in [-0.2, 0) is 20.7 Å². The summed E-state index contributed by atoms with van der Waals surface area (Å²) in [5.41, 5.74) is 6.17. The van der Waals surface area contributed by atoms with Crippen LogP contribution in [0.4, 0.5) is 4.79 Å². The third kappa shape index (κ3) is 6.53. The number of benzene rings is 1. The number of esters is 1. The molecule has 0 radical (unpaired) electrons. The van der Waals surface area contributed by atoms with Crippen LogP contribution in [0.5, 0.6) is 5.75 Å². The van der Waals surface area contributed by atoms with Crippen molar-refractivity contribution in [2.75, 3.05) is 26.2 Å². The molecule has 2 N–H and O–H groups in total. The van der Waals surface area contributed by atoms with E-state index in [2.05, 4.69) is 0 Å². The van der Waals surface area contributed by atoms with Crippen LogP contribution in [0.3, 0.4) is 0 Å². The third-order valence-electron chi connectivity index (χ3n) is 4.28. The maximum absolute atomic E-state index is 12.2. The molecule has 1 saturated heterocycles. The SMILES string of the molecule is CC(=O)N1CCN(C(=O)Oc2ccc(C[C@H](N)C(=O)OC(C)(C)C)cc2)CC1. The first kappa shape index (κ1) is 21.7. The van der Waals surface area contributed by atoms with Crippen LogP contribution < -0.4 is 10.5 Å². The summed E-state index contributed by atoms with van der Waals surface area (Å²) >= 11 is 0. The van der Waals surface area contributed by atoms with Gasteiger partial charge in [-0.15, -0.1) is 0 Å². The van der Waals surface area contributed by atoms with E-state index >= 15 is 0 Å². The van der Waals surface area contributed by atoms with Gasteiger partial charge in [0.25, 0.3) is 0 Å². The predicted octanol–water partition coefficient (Wildman–Crippen LogP) is 1.56. The summed E-state index contributed by atoms with van der Waals surface area (Å²) in [7, 11) is 0. The minimum atomic E-state index is -0.759. The second-order valence-electron chi connectivity index (χ2n) is 7.85. The van der Waals surface area contributed by atoms with E-state index in [0.29, 0.717) is 38.3 Å². The van der Waals surface area contributed by atoms with E-state index in [-0.39, 0.29) is 5.91 Å². The van der Waals surface area contributed by atoms with Crippen LogP contribution in [0.1, 0.15) is 33.3 Å². The average molecular weight is 391 g/mol. The van der Waals surface area contributed by atoms with Gasteiger partial charge >= 0.3 is 12.1 Å². The summed E-state index contributed by atoms with van der Waals surface area (Å²) in [5.74, 6) is -0.0329. The van der Waals surface area contributed by atoms with Gasteiger partial charge in [-0.1, -0.05) is 12.1 Å². The fourth-order valence-corrected chi connectivity index (χ4v) is 2.78. The number of hydrogen-bond donors (Lipinski definition) is 1. The van der Waals surface area contributed by atoms with E-state index in [1.54, 1.807) is 54.8 Å². The normalized spacial score (nSPS) is 15.8. The van der Waals surface area contributed by atoms with Crippen molar-refractivity contribution in [2.45, 2.75) is 45.8 Å². The zero-order valence-corrected chi connectivity index (χ0v) is 16.9. The van der Waals surface area contributed by atoms with Gasteiger partial charge in [0, 0.05) is 33.1 Å². The molecule has 1 aliphatic heterocycles. The molecule has 2 rings (SSSR count). The Labute approximate surface area is 165 Å². The Kier molecular flexibility index (Phi) is 7.01. The quantitative estimate of drug-likeness (QED) is 0.782. The molecule has 1 atom stereocenters. The smallest absolute Gasteiger partial charge is 0.415 e. The van der Waals surface area contributed by atoms with Gasteiger partial charge in [-0.05, 0) is 44.9 Å². The van der Waals surface area contributed by atoms with Crippen molar-refractivity contribution in [3.05, 3.63) is 29.8 Å². The minimum Gasteiger partial charge on any atom is -0.459 e. The maximum atomic E-state index is 12.2. The first-order chi connectivity index (χ1) is 13.0. The number of hydrogen-bond acceptors (Lipinski definition) is 6. The van der Waals surface area contributed by atoms with Gasteiger partial charge in [-0.2, -0.15) is 0 Å². The summed E-state index contributed by atoms with van der Waals surface area (Å²) in [6, 6.07) is 6.10. The van der Waals surface area contributed by atoms with E-state index in [4.69, 9.17) is 15.2 Å². The monoisotopic (exact) mass is 391 g/mol. The highest BCUT2D eigenvalue weighted by Crippen LogP contribution is 2.16. The average Bonchev–Trinajstić information content (AvgIpc) is 2.62. The number of carbonyl (C=O) groups excluding carboxylic acids is 3. The Morgan fingerprint density at radius 3 is 2.07 bits per heavy atom. The zero-order valence-electron chi connectivity index (χ0n) is 16.9. The van der Waals surface area contributed by atoms with E-state index in [0.717, 1.165) is 5.56 Å². The summed E-state index contributed by atoms with van der Waals surface area (Å²) in [5, 5.41) is 0. The van der Waals surface area contributed by atoms with Crippen LogP contribution in [0.15, 0.2) is 24.3 Å². The van der Waals surface area contributed by atoms with E-state index < -0.39 is 23.7 Å². The maximum Gasteiger partial charge on any atom is 0.415 e. The summed E-state index contributed by atoms with van der Waals surface area (Å²) in [4.78, 5) is 38.8. The first-order valence-electron chi connectivity index (χ1n) is 9.35. The molecule has 1 heterocycles. The first-order valence-corrected chi connectivity index (χ1v) is 9.35. The topological polar surface area (TPSA) is 102 Å². The van der Waals surface area contributed by atoms with Crippen LogP contribution in [0.25, 0.3) is 0 Å². The van der Waals surface area contributed by atoms with Crippen molar-refractivity contribution >= 4 is 18.0 Å². The molecule has 1 aliphatic rings. The number of nitrogens with two attached hydrogens (primary N) is 1. The van der Waals surface area contributed by atoms with Crippen LogP contribution in [0, 0.1) is 0 Å².